The fourth-order valence-corrected chi connectivity index (χ4v) is 4.34. The first-order chi connectivity index (χ1) is 15.5. The summed E-state index contributed by atoms with van der Waals surface area (Å²) in [7, 11) is -3.64. The molecular weight excluding hydrogens is 428 g/mol. The lowest BCUT2D eigenvalue weighted by Gasteiger charge is -2.09. The molecule has 4 aromatic rings. The van der Waals surface area contributed by atoms with E-state index in [0.29, 0.717) is 23.7 Å². The van der Waals surface area contributed by atoms with Gasteiger partial charge in [0.25, 0.3) is 5.91 Å². The molecule has 164 valence electrons. The van der Waals surface area contributed by atoms with E-state index in [4.69, 9.17) is 4.74 Å². The second-order valence-corrected chi connectivity index (χ2v) is 9.08. The summed E-state index contributed by atoms with van der Waals surface area (Å²) in [6, 6.07) is 12.8. The molecule has 2 aromatic heterocycles. The quantitative estimate of drug-likeness (QED) is 0.442. The normalized spacial score (nSPS) is 11.4. The van der Waals surface area contributed by atoms with E-state index in [9.17, 15) is 13.2 Å². The van der Waals surface area contributed by atoms with Crippen LogP contribution in [0.1, 0.15) is 29.3 Å². The molecule has 2 aromatic carbocycles. The number of fused-ring (bicyclic) bond motifs is 1. The molecule has 2 heterocycles. The number of aromatic nitrogens is 3. The molecule has 32 heavy (non-hydrogen) atoms. The molecule has 0 bridgehead atoms. The molecule has 1 amide bonds. The molecule has 0 radical (unpaired) electrons. The highest BCUT2D eigenvalue weighted by molar-refractivity contribution is 7.91. The third-order valence-electron chi connectivity index (χ3n) is 4.80. The van der Waals surface area contributed by atoms with Crippen LogP contribution < -0.4 is 10.1 Å². The number of hydrogen-bond donors (Lipinski definition) is 1. The first-order valence-electron chi connectivity index (χ1n) is 10.1. The van der Waals surface area contributed by atoms with E-state index < -0.39 is 9.84 Å². The second kappa shape index (κ2) is 9.19. The predicted octanol–water partition coefficient (Wildman–Crippen LogP) is 3.28. The van der Waals surface area contributed by atoms with Crippen molar-refractivity contribution in [2.24, 2.45) is 0 Å². The maximum absolute atomic E-state index is 12.9. The third kappa shape index (κ3) is 4.62. The Morgan fingerprint density at radius 1 is 1.03 bits per heavy atom. The highest BCUT2D eigenvalue weighted by Crippen LogP contribution is 2.23. The summed E-state index contributed by atoms with van der Waals surface area (Å²) in [5, 5.41) is 2.81. The monoisotopic (exact) mass is 450 g/mol. The highest BCUT2D eigenvalue weighted by atomic mass is 32.2. The Kier molecular flexibility index (Phi) is 6.18. The smallest absolute Gasteiger partial charge is 0.254 e. The van der Waals surface area contributed by atoms with Crippen LogP contribution in [0.3, 0.4) is 0 Å². The van der Waals surface area contributed by atoms with Gasteiger partial charge in [0.15, 0.2) is 0 Å². The fraction of sp³-hybridized carbons (Fsp3) is 0.174. The van der Waals surface area contributed by atoms with Crippen LogP contribution in [0.4, 0.5) is 0 Å². The zero-order valence-corrected chi connectivity index (χ0v) is 18.2. The van der Waals surface area contributed by atoms with Crippen molar-refractivity contribution in [1.29, 1.82) is 0 Å². The molecule has 1 N–H and O–H groups in total. The molecule has 0 saturated heterocycles. The highest BCUT2D eigenvalue weighted by Gasteiger charge is 2.17. The van der Waals surface area contributed by atoms with Gasteiger partial charge in [0, 0.05) is 31.3 Å². The Hall–Kier alpha value is -3.72. The lowest BCUT2D eigenvalue weighted by Crippen LogP contribution is -2.23. The molecule has 0 unspecified atom stereocenters. The van der Waals surface area contributed by atoms with Crippen molar-refractivity contribution in [3.8, 4) is 5.75 Å². The molecular formula is C23H22N4O4S. The lowest BCUT2D eigenvalue weighted by atomic mass is 10.2. The van der Waals surface area contributed by atoms with Crippen molar-refractivity contribution >= 4 is 21.5 Å². The Morgan fingerprint density at radius 2 is 1.72 bits per heavy atom. The van der Waals surface area contributed by atoms with Crippen LogP contribution in [-0.2, 0) is 16.4 Å². The van der Waals surface area contributed by atoms with Crippen LogP contribution >= 0.6 is 0 Å². The summed E-state index contributed by atoms with van der Waals surface area (Å²) in [5.74, 6) is 0.871. The Labute approximate surface area is 185 Å². The summed E-state index contributed by atoms with van der Waals surface area (Å²) in [6.45, 7) is 2.84. The lowest BCUT2D eigenvalue weighted by molar-refractivity contribution is 0.0950. The van der Waals surface area contributed by atoms with Crippen LogP contribution in [0, 0.1) is 0 Å². The van der Waals surface area contributed by atoms with Crippen molar-refractivity contribution in [2.45, 2.75) is 29.7 Å². The van der Waals surface area contributed by atoms with E-state index in [1.807, 2.05) is 6.92 Å². The van der Waals surface area contributed by atoms with Crippen LogP contribution in [0.5, 0.6) is 5.75 Å². The minimum atomic E-state index is -3.64. The standard InChI is InChI=1S/C23H22N4O4S/c1-2-13-31-19-5-9-21(10-6-19)32(29,30)20-7-3-17(4-8-20)14-25-22(28)18-15-26-23-24-11-12-27(23)16-18/h3-12,15-16H,2,13-14H2,1H3,(H,25,28). The topological polar surface area (TPSA) is 103 Å². The van der Waals surface area contributed by atoms with Gasteiger partial charge in [-0.05, 0) is 48.4 Å². The van der Waals surface area contributed by atoms with E-state index >= 15 is 0 Å². The van der Waals surface area contributed by atoms with Gasteiger partial charge in [-0.25, -0.2) is 18.4 Å². The van der Waals surface area contributed by atoms with Crippen molar-refractivity contribution in [3.05, 3.63) is 84.4 Å². The van der Waals surface area contributed by atoms with Gasteiger partial charge >= 0.3 is 0 Å². The summed E-state index contributed by atoms with van der Waals surface area (Å²) < 4.78 is 32.9. The van der Waals surface area contributed by atoms with E-state index in [2.05, 4.69) is 15.3 Å². The fourth-order valence-electron chi connectivity index (χ4n) is 3.08. The molecule has 0 aliphatic carbocycles. The van der Waals surface area contributed by atoms with Crippen molar-refractivity contribution in [3.63, 3.8) is 0 Å². The molecule has 0 fully saturated rings. The second-order valence-electron chi connectivity index (χ2n) is 7.13. The van der Waals surface area contributed by atoms with Gasteiger partial charge in [0.05, 0.1) is 22.0 Å². The van der Waals surface area contributed by atoms with Gasteiger partial charge in [-0.2, -0.15) is 0 Å². The van der Waals surface area contributed by atoms with Crippen LogP contribution in [0.25, 0.3) is 5.78 Å². The molecule has 9 heteroatoms. The number of imidazole rings is 1. The van der Waals surface area contributed by atoms with Crippen LogP contribution in [-0.4, -0.2) is 35.3 Å². The number of rotatable bonds is 8. The Morgan fingerprint density at radius 3 is 2.41 bits per heavy atom. The van der Waals surface area contributed by atoms with Gasteiger partial charge < -0.3 is 10.1 Å². The number of sulfone groups is 1. The average molecular weight is 451 g/mol. The number of amides is 1. The third-order valence-corrected chi connectivity index (χ3v) is 6.59. The average Bonchev–Trinajstić information content (AvgIpc) is 3.30. The summed E-state index contributed by atoms with van der Waals surface area (Å²) in [4.78, 5) is 20.9. The van der Waals surface area contributed by atoms with Crippen LogP contribution in [0.2, 0.25) is 0 Å². The number of benzene rings is 2. The number of ether oxygens (including phenoxy) is 1. The van der Waals surface area contributed by atoms with Gasteiger partial charge in [0.2, 0.25) is 15.6 Å². The van der Waals surface area contributed by atoms with Crippen molar-refractivity contribution in [1.82, 2.24) is 19.7 Å². The van der Waals surface area contributed by atoms with E-state index in [0.717, 1.165) is 12.0 Å². The summed E-state index contributed by atoms with van der Waals surface area (Å²) in [5.41, 5.74) is 1.18. The minimum absolute atomic E-state index is 0.185. The van der Waals surface area contributed by atoms with Gasteiger partial charge in [-0.15, -0.1) is 0 Å². The number of carbonyl (C=O) groups excluding carboxylic acids is 1. The molecule has 0 aliphatic rings. The number of nitrogens with zero attached hydrogens (tertiary/aromatic N) is 3. The van der Waals surface area contributed by atoms with E-state index in [1.54, 1.807) is 59.4 Å². The number of carbonyl (C=O) groups is 1. The molecule has 4 rings (SSSR count). The number of nitrogens with one attached hydrogen (secondary N) is 1. The van der Waals surface area contributed by atoms with Crippen LogP contribution in [0.15, 0.2) is 83.1 Å². The molecule has 0 aliphatic heterocycles. The largest absolute Gasteiger partial charge is 0.494 e. The first-order valence-corrected chi connectivity index (χ1v) is 11.6. The maximum Gasteiger partial charge on any atom is 0.254 e. The van der Waals surface area contributed by atoms with Crippen molar-refractivity contribution in [2.75, 3.05) is 6.61 Å². The zero-order chi connectivity index (χ0) is 22.6. The Bertz CT molecular complexity index is 1330. The summed E-state index contributed by atoms with van der Waals surface area (Å²) in [6.07, 6.45) is 7.31. The van der Waals surface area contributed by atoms with Crippen molar-refractivity contribution < 1.29 is 17.9 Å². The predicted molar refractivity (Wildman–Crippen MR) is 118 cm³/mol. The molecule has 0 atom stereocenters. The first kappa shape index (κ1) is 21.5. The zero-order valence-electron chi connectivity index (χ0n) is 17.4. The van der Waals surface area contributed by atoms with Gasteiger partial charge in [0.1, 0.15) is 5.75 Å². The van der Waals surface area contributed by atoms with E-state index in [-0.39, 0.29) is 22.2 Å². The SMILES string of the molecule is CCCOc1ccc(S(=O)(=O)c2ccc(CNC(=O)c3cnc4nccn4c3)cc2)cc1. The van der Waals surface area contributed by atoms with Gasteiger partial charge in [-0.1, -0.05) is 19.1 Å². The summed E-state index contributed by atoms with van der Waals surface area (Å²) >= 11 is 0. The maximum atomic E-state index is 12.9. The molecule has 0 saturated carbocycles. The molecule has 8 nitrogen and oxygen atoms in total. The van der Waals surface area contributed by atoms with Gasteiger partial charge in [-0.3, -0.25) is 9.20 Å². The molecule has 0 spiro atoms. The Balaban J connectivity index is 1.41. The van der Waals surface area contributed by atoms with E-state index in [1.165, 1.54) is 18.3 Å². The number of hydrogen-bond acceptors (Lipinski definition) is 6. The minimum Gasteiger partial charge on any atom is -0.494 e.